The van der Waals surface area contributed by atoms with E-state index in [1.165, 1.54) is 23.2 Å². The molecule has 1 amide bonds. The Morgan fingerprint density at radius 3 is 2.67 bits per heavy atom. The summed E-state index contributed by atoms with van der Waals surface area (Å²) >= 11 is 0. The minimum atomic E-state index is 0.125. The maximum atomic E-state index is 12.3. The first kappa shape index (κ1) is 16.6. The van der Waals surface area contributed by atoms with Gasteiger partial charge in [0.05, 0.1) is 6.54 Å². The van der Waals surface area contributed by atoms with Crippen molar-refractivity contribution in [2.24, 2.45) is 0 Å². The molecule has 3 heteroatoms. The molecule has 1 heterocycles. The van der Waals surface area contributed by atoms with E-state index in [-0.39, 0.29) is 5.91 Å². The number of benzene rings is 2. The molecule has 2 aromatic carbocycles. The van der Waals surface area contributed by atoms with Gasteiger partial charge in [-0.15, -0.1) is 0 Å². The van der Waals surface area contributed by atoms with Crippen molar-refractivity contribution in [2.75, 3.05) is 24.5 Å². The SMILES string of the molecule is O=C(CN1CCCCc2ccccc21)NCCCc1ccccc1. The second-order valence-corrected chi connectivity index (χ2v) is 6.45. The summed E-state index contributed by atoms with van der Waals surface area (Å²) in [5.41, 5.74) is 3.93. The Morgan fingerprint density at radius 2 is 1.79 bits per heavy atom. The highest BCUT2D eigenvalue weighted by atomic mass is 16.2. The van der Waals surface area contributed by atoms with E-state index in [9.17, 15) is 4.79 Å². The van der Waals surface area contributed by atoms with Crippen molar-refractivity contribution >= 4 is 11.6 Å². The Bertz CT molecular complexity index is 654. The molecule has 0 radical (unpaired) electrons. The molecule has 1 aliphatic heterocycles. The van der Waals surface area contributed by atoms with Gasteiger partial charge in [0.1, 0.15) is 0 Å². The average Bonchev–Trinajstić information content (AvgIpc) is 2.82. The number of hydrogen-bond acceptors (Lipinski definition) is 2. The van der Waals surface area contributed by atoms with Gasteiger partial charge in [0.15, 0.2) is 0 Å². The first-order valence-electron chi connectivity index (χ1n) is 8.96. The van der Waals surface area contributed by atoms with Crippen LogP contribution in [0.1, 0.15) is 30.4 Å². The van der Waals surface area contributed by atoms with Crippen LogP contribution in [0.2, 0.25) is 0 Å². The molecule has 0 bridgehead atoms. The fraction of sp³-hybridized carbons (Fsp3) is 0.381. The summed E-state index contributed by atoms with van der Waals surface area (Å²) in [6, 6.07) is 18.9. The summed E-state index contributed by atoms with van der Waals surface area (Å²) in [5, 5.41) is 3.07. The maximum Gasteiger partial charge on any atom is 0.239 e. The lowest BCUT2D eigenvalue weighted by molar-refractivity contribution is -0.119. The Labute approximate surface area is 144 Å². The molecular weight excluding hydrogens is 296 g/mol. The van der Waals surface area contributed by atoms with Crippen molar-refractivity contribution in [1.82, 2.24) is 5.32 Å². The number of rotatable bonds is 6. The molecule has 0 saturated carbocycles. The summed E-state index contributed by atoms with van der Waals surface area (Å²) in [6.45, 7) is 2.17. The smallest absolute Gasteiger partial charge is 0.239 e. The van der Waals surface area contributed by atoms with Crippen LogP contribution in [-0.2, 0) is 17.6 Å². The van der Waals surface area contributed by atoms with Crippen LogP contribution in [0.15, 0.2) is 54.6 Å². The van der Waals surface area contributed by atoms with Gasteiger partial charge in [0.2, 0.25) is 5.91 Å². The maximum absolute atomic E-state index is 12.3. The molecule has 0 spiro atoms. The molecule has 3 nitrogen and oxygen atoms in total. The van der Waals surface area contributed by atoms with Crippen LogP contribution in [0.4, 0.5) is 5.69 Å². The zero-order valence-electron chi connectivity index (χ0n) is 14.2. The standard InChI is InChI=1S/C21H26N2O/c24-21(22-15-8-11-18-9-2-1-3-10-18)17-23-16-7-6-13-19-12-4-5-14-20(19)23/h1-5,9-10,12,14H,6-8,11,13,15-17H2,(H,22,24). The molecule has 126 valence electrons. The lowest BCUT2D eigenvalue weighted by Gasteiger charge is -2.24. The first-order chi connectivity index (χ1) is 11.8. The van der Waals surface area contributed by atoms with Crippen molar-refractivity contribution in [2.45, 2.75) is 32.1 Å². The molecule has 2 aromatic rings. The van der Waals surface area contributed by atoms with Crippen LogP contribution in [0.3, 0.4) is 0 Å². The number of aryl methyl sites for hydroxylation is 2. The van der Waals surface area contributed by atoms with Crippen molar-refractivity contribution < 1.29 is 4.79 Å². The van der Waals surface area contributed by atoms with Crippen molar-refractivity contribution in [3.05, 3.63) is 65.7 Å². The molecule has 0 aliphatic carbocycles. The van der Waals surface area contributed by atoms with Gasteiger partial charge < -0.3 is 10.2 Å². The molecule has 0 fully saturated rings. The zero-order chi connectivity index (χ0) is 16.6. The van der Waals surface area contributed by atoms with Crippen molar-refractivity contribution in [3.8, 4) is 0 Å². The number of nitrogens with one attached hydrogen (secondary N) is 1. The molecule has 0 unspecified atom stereocenters. The van der Waals surface area contributed by atoms with Crippen LogP contribution in [-0.4, -0.2) is 25.5 Å². The van der Waals surface area contributed by atoms with Gasteiger partial charge in [-0.3, -0.25) is 4.79 Å². The lowest BCUT2D eigenvalue weighted by Crippen LogP contribution is -2.38. The second-order valence-electron chi connectivity index (χ2n) is 6.45. The van der Waals surface area contributed by atoms with Crippen molar-refractivity contribution in [1.29, 1.82) is 0 Å². The molecule has 0 saturated heterocycles. The fourth-order valence-corrected chi connectivity index (χ4v) is 3.33. The van der Waals surface area contributed by atoms with E-state index in [2.05, 4.69) is 58.7 Å². The number of carbonyl (C=O) groups excluding carboxylic acids is 1. The fourth-order valence-electron chi connectivity index (χ4n) is 3.33. The van der Waals surface area contributed by atoms with Crippen LogP contribution in [0, 0.1) is 0 Å². The number of carbonyl (C=O) groups is 1. The Balaban J connectivity index is 1.46. The molecule has 24 heavy (non-hydrogen) atoms. The summed E-state index contributed by atoms with van der Waals surface area (Å²) < 4.78 is 0. The van der Waals surface area contributed by atoms with Crippen LogP contribution < -0.4 is 10.2 Å². The molecule has 1 N–H and O–H groups in total. The normalized spacial score (nSPS) is 13.9. The number of para-hydroxylation sites is 1. The predicted molar refractivity (Wildman–Crippen MR) is 99.4 cm³/mol. The Hall–Kier alpha value is -2.29. The monoisotopic (exact) mass is 322 g/mol. The van der Waals surface area contributed by atoms with E-state index >= 15 is 0 Å². The Morgan fingerprint density at radius 1 is 1.00 bits per heavy atom. The number of nitrogens with zero attached hydrogens (tertiary/aromatic N) is 1. The van der Waals surface area contributed by atoms with Crippen LogP contribution >= 0.6 is 0 Å². The molecule has 3 rings (SSSR count). The second kappa shape index (κ2) is 8.53. The molecule has 0 atom stereocenters. The van der Waals surface area contributed by atoms with Gasteiger partial charge in [-0.1, -0.05) is 48.5 Å². The largest absolute Gasteiger partial charge is 0.362 e. The van der Waals surface area contributed by atoms with Gasteiger partial charge in [0.25, 0.3) is 0 Å². The zero-order valence-corrected chi connectivity index (χ0v) is 14.2. The lowest BCUT2D eigenvalue weighted by atomic mass is 10.1. The van der Waals surface area contributed by atoms with E-state index in [4.69, 9.17) is 0 Å². The highest BCUT2D eigenvalue weighted by Crippen LogP contribution is 2.25. The summed E-state index contributed by atoms with van der Waals surface area (Å²) in [6.07, 6.45) is 5.45. The van der Waals surface area contributed by atoms with Gasteiger partial charge in [-0.2, -0.15) is 0 Å². The van der Waals surface area contributed by atoms with E-state index in [1.807, 2.05) is 6.07 Å². The van der Waals surface area contributed by atoms with E-state index in [1.54, 1.807) is 0 Å². The van der Waals surface area contributed by atoms with E-state index < -0.39 is 0 Å². The van der Waals surface area contributed by atoms with Gasteiger partial charge in [-0.05, 0) is 49.3 Å². The average molecular weight is 322 g/mol. The molecule has 0 aromatic heterocycles. The van der Waals surface area contributed by atoms with Crippen LogP contribution in [0.5, 0.6) is 0 Å². The molecular formula is C21H26N2O. The highest BCUT2D eigenvalue weighted by Gasteiger charge is 2.17. The summed E-state index contributed by atoms with van der Waals surface area (Å²) in [5.74, 6) is 0.125. The van der Waals surface area contributed by atoms with Crippen molar-refractivity contribution in [3.63, 3.8) is 0 Å². The Kier molecular flexibility index (Phi) is 5.89. The van der Waals surface area contributed by atoms with Crippen LogP contribution in [0.25, 0.3) is 0 Å². The number of amides is 1. The van der Waals surface area contributed by atoms with E-state index in [0.29, 0.717) is 6.54 Å². The predicted octanol–water partition coefficient (Wildman–Crippen LogP) is 3.58. The third-order valence-electron chi connectivity index (χ3n) is 4.60. The number of fused-ring (bicyclic) bond motifs is 1. The minimum Gasteiger partial charge on any atom is -0.362 e. The van der Waals surface area contributed by atoms with E-state index in [0.717, 1.165) is 38.8 Å². The third kappa shape index (κ3) is 4.60. The first-order valence-corrected chi connectivity index (χ1v) is 8.96. The molecule has 1 aliphatic rings. The topological polar surface area (TPSA) is 32.3 Å². The summed E-state index contributed by atoms with van der Waals surface area (Å²) in [7, 11) is 0. The van der Waals surface area contributed by atoms with Gasteiger partial charge >= 0.3 is 0 Å². The highest BCUT2D eigenvalue weighted by molar-refractivity contribution is 5.81. The minimum absolute atomic E-state index is 0.125. The number of hydrogen-bond donors (Lipinski definition) is 1. The third-order valence-corrected chi connectivity index (χ3v) is 4.60. The summed E-state index contributed by atoms with van der Waals surface area (Å²) in [4.78, 5) is 14.5. The number of anilines is 1. The quantitative estimate of drug-likeness (QED) is 0.825. The van der Waals surface area contributed by atoms with Gasteiger partial charge in [0, 0.05) is 18.8 Å². The van der Waals surface area contributed by atoms with Gasteiger partial charge in [-0.25, -0.2) is 0 Å².